The summed E-state index contributed by atoms with van der Waals surface area (Å²) in [5.74, 6) is -4.61. The van der Waals surface area contributed by atoms with Crippen molar-refractivity contribution in [3.63, 3.8) is 0 Å². The van der Waals surface area contributed by atoms with E-state index >= 15 is 8.78 Å². The molecule has 2 heterocycles. The second-order valence-corrected chi connectivity index (χ2v) is 12.3. The number of carbonyl (C=O) groups excluding carboxylic acids is 1. The van der Waals surface area contributed by atoms with Gasteiger partial charge in [0.15, 0.2) is 6.10 Å². The van der Waals surface area contributed by atoms with Gasteiger partial charge >= 0.3 is 25.3 Å². The van der Waals surface area contributed by atoms with Crippen LogP contribution < -0.4 is 21.0 Å². The second kappa shape index (κ2) is 15.0. The minimum absolute atomic E-state index is 0.0391. The number of hydrogen-bond donors (Lipinski definition) is 2. The highest BCUT2D eigenvalue weighted by molar-refractivity contribution is 7.52. The van der Waals surface area contributed by atoms with E-state index in [1.165, 1.54) is 25.1 Å². The van der Waals surface area contributed by atoms with Gasteiger partial charge in [-0.05, 0) is 36.2 Å². The number of alkyl halides is 2. The highest BCUT2D eigenvalue weighted by Gasteiger charge is 2.61. The Kier molecular flexibility index (Phi) is 10.8. The minimum Gasteiger partial charge on any atom is -0.460 e. The molecule has 1 aromatic heterocycles. The van der Waals surface area contributed by atoms with Crippen LogP contribution in [-0.2, 0) is 41.3 Å². The molecule has 1 saturated heterocycles. The van der Waals surface area contributed by atoms with Gasteiger partial charge in [-0.2, -0.15) is 18.9 Å². The monoisotopic (exact) mass is 670 g/mol. The number of aromatic nitrogens is 2. The molecule has 248 valence electrons. The van der Waals surface area contributed by atoms with Crippen LogP contribution >= 0.6 is 7.75 Å². The van der Waals surface area contributed by atoms with Crippen LogP contribution in [0.5, 0.6) is 5.75 Å². The molecule has 4 aromatic rings. The topological polar surface area (TPSA) is 153 Å². The molecular weight excluding hydrogens is 637 g/mol. The minimum atomic E-state index is -4.48. The molecule has 1 fully saturated rings. The van der Waals surface area contributed by atoms with Crippen molar-refractivity contribution in [1.29, 1.82) is 0 Å². The van der Waals surface area contributed by atoms with Crippen molar-refractivity contribution in [2.75, 3.05) is 12.3 Å². The first-order valence-electron chi connectivity index (χ1n) is 14.5. The Morgan fingerprint density at radius 2 is 1.60 bits per heavy atom. The summed E-state index contributed by atoms with van der Waals surface area (Å²) in [5.41, 5.74) is 5.81. The summed E-state index contributed by atoms with van der Waals surface area (Å²) >= 11 is 0. The Morgan fingerprint density at radius 3 is 2.21 bits per heavy atom. The Labute approximate surface area is 269 Å². The molecule has 0 unspecified atom stereocenters. The Balaban J connectivity index is 1.36. The number of carbonyl (C=O) groups is 1. The highest BCUT2D eigenvalue weighted by Crippen LogP contribution is 2.49. The van der Waals surface area contributed by atoms with Gasteiger partial charge in [-0.3, -0.25) is 13.9 Å². The van der Waals surface area contributed by atoms with Crippen LogP contribution in [0.2, 0.25) is 0 Å². The highest BCUT2D eigenvalue weighted by atomic mass is 31.2. The molecule has 47 heavy (non-hydrogen) atoms. The predicted octanol–water partition coefficient (Wildman–Crippen LogP) is 4.87. The molecule has 5 atom stereocenters. The summed E-state index contributed by atoms with van der Waals surface area (Å²) in [6.07, 6.45) is -4.67. The number of nitrogens with one attached hydrogen (secondary N) is 1. The average molecular weight is 671 g/mol. The molecule has 0 radical (unpaired) electrons. The van der Waals surface area contributed by atoms with Crippen LogP contribution in [0.4, 0.5) is 14.6 Å². The number of hydrogen-bond acceptors (Lipinski definition) is 10. The molecule has 5 rings (SSSR count). The number of benzene rings is 3. The van der Waals surface area contributed by atoms with Crippen LogP contribution in [0, 0.1) is 0 Å². The average Bonchev–Trinajstić information content (AvgIpc) is 3.31. The second-order valence-electron chi connectivity index (χ2n) is 10.6. The van der Waals surface area contributed by atoms with E-state index in [2.05, 4.69) is 10.1 Å². The van der Waals surface area contributed by atoms with Crippen LogP contribution in [-0.4, -0.2) is 46.3 Å². The van der Waals surface area contributed by atoms with E-state index in [4.69, 9.17) is 29.0 Å². The molecule has 3 aromatic carbocycles. The first kappa shape index (κ1) is 33.9. The van der Waals surface area contributed by atoms with E-state index in [1.54, 1.807) is 72.8 Å². The molecule has 0 saturated carbocycles. The number of halogens is 2. The van der Waals surface area contributed by atoms with Crippen molar-refractivity contribution in [2.24, 2.45) is 0 Å². The molecule has 0 bridgehead atoms. The van der Waals surface area contributed by atoms with E-state index in [9.17, 15) is 14.2 Å². The maximum absolute atomic E-state index is 16.0. The van der Waals surface area contributed by atoms with Gasteiger partial charge in [0, 0.05) is 6.20 Å². The first-order valence-corrected chi connectivity index (χ1v) is 16.1. The zero-order valence-corrected chi connectivity index (χ0v) is 26.1. The molecule has 0 amide bonds. The maximum atomic E-state index is 16.0. The quantitative estimate of drug-likeness (QED) is 0.140. The number of para-hydroxylation sites is 1. The smallest absolute Gasteiger partial charge is 0.459 e. The summed E-state index contributed by atoms with van der Waals surface area (Å²) in [7, 11) is -4.48. The summed E-state index contributed by atoms with van der Waals surface area (Å²) in [6, 6.07) is 25.4. The van der Waals surface area contributed by atoms with Gasteiger partial charge < -0.3 is 24.5 Å². The first-order chi connectivity index (χ1) is 22.5. The van der Waals surface area contributed by atoms with Crippen molar-refractivity contribution in [1.82, 2.24) is 14.6 Å². The maximum Gasteiger partial charge on any atom is 0.459 e. The fourth-order valence-electron chi connectivity index (χ4n) is 4.70. The van der Waals surface area contributed by atoms with Gasteiger partial charge in [-0.1, -0.05) is 78.9 Å². The van der Waals surface area contributed by atoms with Crippen molar-refractivity contribution >= 4 is 19.5 Å². The standard InChI is InChI=1S/C32H33F2N4O8P/c1-22(29(39)43-20-24-13-7-3-8-14-24)37-47(41,46-25-15-9-4-10-16-25)44-21-26-28(42-19-23-11-5-2-6-12-23)32(33,34)30(45-26)38-18-17-27(35)36-31(38)40/h2-18,22,26,28,30H,19-21H2,1H3,(H,37,41)(H2,35,36,40)/t22-,26+,28+,30+,47-/m0/s1. The van der Waals surface area contributed by atoms with E-state index in [0.717, 1.165) is 11.8 Å². The van der Waals surface area contributed by atoms with E-state index in [-0.39, 0.29) is 24.8 Å². The number of rotatable bonds is 14. The molecule has 12 nitrogen and oxygen atoms in total. The van der Waals surface area contributed by atoms with Gasteiger partial charge in [0.05, 0.1) is 13.2 Å². The Bertz CT molecular complexity index is 1730. The number of anilines is 1. The lowest BCUT2D eigenvalue weighted by Crippen LogP contribution is -2.43. The number of nitrogens with two attached hydrogens (primary N) is 1. The summed E-state index contributed by atoms with van der Waals surface area (Å²) < 4.78 is 74.7. The summed E-state index contributed by atoms with van der Waals surface area (Å²) in [4.78, 5) is 28.9. The molecule has 0 spiro atoms. The van der Waals surface area contributed by atoms with Crippen LogP contribution in [0.25, 0.3) is 0 Å². The van der Waals surface area contributed by atoms with Gasteiger partial charge in [0.25, 0.3) is 0 Å². The predicted molar refractivity (Wildman–Crippen MR) is 166 cm³/mol. The van der Waals surface area contributed by atoms with E-state index < -0.39 is 56.4 Å². The van der Waals surface area contributed by atoms with Crippen LogP contribution in [0.3, 0.4) is 0 Å². The molecule has 1 aliphatic heterocycles. The lowest BCUT2D eigenvalue weighted by Gasteiger charge is -2.26. The molecule has 1 aliphatic rings. The van der Waals surface area contributed by atoms with Crippen LogP contribution in [0.15, 0.2) is 108 Å². The molecule has 0 aliphatic carbocycles. The SMILES string of the molecule is C[C@H](N[P@](=O)(OC[C@H]1O[C@@H](n2ccc(N)nc2=O)C(F)(F)[C@@H]1OCc1ccccc1)Oc1ccccc1)C(=O)OCc1ccccc1. The Morgan fingerprint density at radius 1 is 1.00 bits per heavy atom. The fourth-order valence-corrected chi connectivity index (χ4v) is 6.20. The van der Waals surface area contributed by atoms with Gasteiger partial charge in [-0.15, -0.1) is 0 Å². The number of esters is 1. The Hall–Kier alpha value is -4.46. The number of ether oxygens (including phenoxy) is 3. The number of nitrogens with zero attached hydrogens (tertiary/aromatic N) is 2. The third-order valence-corrected chi connectivity index (χ3v) is 8.68. The molecule has 3 N–H and O–H groups in total. The zero-order valence-electron chi connectivity index (χ0n) is 25.2. The molecular formula is C32H33F2N4O8P. The lowest BCUT2D eigenvalue weighted by molar-refractivity contribution is -0.157. The van der Waals surface area contributed by atoms with Gasteiger partial charge in [0.1, 0.15) is 30.3 Å². The zero-order chi connectivity index (χ0) is 33.4. The van der Waals surface area contributed by atoms with Gasteiger partial charge in [0.2, 0.25) is 6.23 Å². The van der Waals surface area contributed by atoms with Crippen molar-refractivity contribution in [3.05, 3.63) is 125 Å². The normalized spacial score (nSPS) is 20.6. The van der Waals surface area contributed by atoms with Crippen molar-refractivity contribution in [2.45, 2.75) is 50.5 Å². The van der Waals surface area contributed by atoms with E-state index in [1.807, 2.05) is 6.07 Å². The fraction of sp³-hybridized carbons (Fsp3) is 0.281. The molecule has 15 heteroatoms. The van der Waals surface area contributed by atoms with Crippen molar-refractivity contribution < 1.29 is 41.4 Å². The third-order valence-electron chi connectivity index (χ3n) is 7.03. The summed E-state index contributed by atoms with van der Waals surface area (Å²) in [6.45, 7) is 0.359. The lowest BCUT2D eigenvalue weighted by atomic mass is 10.1. The number of nitrogen functional groups attached to an aromatic ring is 1. The van der Waals surface area contributed by atoms with E-state index in [0.29, 0.717) is 10.1 Å². The van der Waals surface area contributed by atoms with Crippen molar-refractivity contribution in [3.8, 4) is 5.75 Å². The largest absolute Gasteiger partial charge is 0.460 e. The van der Waals surface area contributed by atoms with Crippen LogP contribution in [0.1, 0.15) is 24.3 Å². The third kappa shape index (κ3) is 8.67. The van der Waals surface area contributed by atoms with Gasteiger partial charge in [-0.25, -0.2) is 9.36 Å². The summed E-state index contributed by atoms with van der Waals surface area (Å²) in [5, 5.41) is 2.53.